The molecule has 25 heavy (non-hydrogen) atoms. The zero-order chi connectivity index (χ0) is 17.6. The average molecular weight is 334 g/mol. The number of aryl methyl sites for hydroxylation is 1. The molecule has 1 amide bonds. The molecule has 5 nitrogen and oxygen atoms in total. The van der Waals surface area contributed by atoms with Crippen molar-refractivity contribution in [3.8, 4) is 11.5 Å². The summed E-state index contributed by atoms with van der Waals surface area (Å²) in [6, 6.07) is 18.0. The van der Waals surface area contributed by atoms with E-state index in [-0.39, 0.29) is 17.5 Å². The summed E-state index contributed by atoms with van der Waals surface area (Å²) in [7, 11) is 0. The van der Waals surface area contributed by atoms with Crippen LogP contribution in [0.4, 0.5) is 5.82 Å². The van der Waals surface area contributed by atoms with E-state index in [0.29, 0.717) is 17.9 Å². The molecule has 0 atom stereocenters. The van der Waals surface area contributed by atoms with Gasteiger partial charge in [0.15, 0.2) is 11.6 Å². The molecule has 0 radical (unpaired) electrons. The number of aromatic hydroxyl groups is 1. The highest BCUT2D eigenvalue weighted by Gasteiger charge is 2.10. The fourth-order valence-electron chi connectivity index (χ4n) is 2.37. The number of carbonyl (C=O) groups is 1. The Morgan fingerprint density at radius 2 is 1.96 bits per heavy atom. The number of ether oxygens (including phenoxy) is 1. The summed E-state index contributed by atoms with van der Waals surface area (Å²) in [6.07, 6.45) is 1.50. The standard InChI is InChI=1S/C20H18N2O3/c1-14-5-2-6-15(11-14)13-25-17-8-3-7-16(12-17)20(24)22-19-18(23)9-4-10-21-19/h2-12,23H,13H2,1H3,(H,21,22,24). The maximum atomic E-state index is 12.3. The van der Waals surface area contributed by atoms with Gasteiger partial charge in [-0.1, -0.05) is 35.9 Å². The van der Waals surface area contributed by atoms with E-state index < -0.39 is 0 Å². The first kappa shape index (κ1) is 16.5. The monoisotopic (exact) mass is 334 g/mol. The average Bonchev–Trinajstić information content (AvgIpc) is 2.62. The van der Waals surface area contributed by atoms with Crippen LogP contribution in [0.25, 0.3) is 0 Å². The van der Waals surface area contributed by atoms with Crippen molar-refractivity contribution in [2.24, 2.45) is 0 Å². The lowest BCUT2D eigenvalue weighted by molar-refractivity contribution is 0.102. The lowest BCUT2D eigenvalue weighted by Gasteiger charge is -2.09. The van der Waals surface area contributed by atoms with E-state index in [9.17, 15) is 9.90 Å². The Morgan fingerprint density at radius 3 is 2.76 bits per heavy atom. The third-order valence-electron chi connectivity index (χ3n) is 3.60. The Bertz CT molecular complexity index is 893. The molecule has 2 N–H and O–H groups in total. The van der Waals surface area contributed by atoms with E-state index >= 15 is 0 Å². The lowest BCUT2D eigenvalue weighted by atomic mass is 10.1. The van der Waals surface area contributed by atoms with Gasteiger partial charge in [0.05, 0.1) is 0 Å². The maximum Gasteiger partial charge on any atom is 0.257 e. The highest BCUT2D eigenvalue weighted by molar-refractivity contribution is 6.04. The predicted octanol–water partition coefficient (Wildman–Crippen LogP) is 3.93. The number of nitrogens with zero attached hydrogens (tertiary/aromatic N) is 1. The van der Waals surface area contributed by atoms with Crippen LogP contribution in [0.5, 0.6) is 11.5 Å². The second-order valence-corrected chi connectivity index (χ2v) is 5.63. The number of nitrogens with one attached hydrogen (secondary N) is 1. The van der Waals surface area contributed by atoms with Gasteiger partial charge in [-0.3, -0.25) is 4.79 Å². The van der Waals surface area contributed by atoms with Gasteiger partial charge in [-0.25, -0.2) is 4.98 Å². The minimum atomic E-state index is -0.366. The molecule has 0 fully saturated rings. The third-order valence-corrected chi connectivity index (χ3v) is 3.60. The molecule has 0 spiro atoms. The number of pyridine rings is 1. The molecule has 1 aromatic heterocycles. The van der Waals surface area contributed by atoms with Crippen molar-refractivity contribution < 1.29 is 14.6 Å². The summed E-state index contributed by atoms with van der Waals surface area (Å²) in [5.41, 5.74) is 2.66. The van der Waals surface area contributed by atoms with Crippen LogP contribution in [-0.4, -0.2) is 16.0 Å². The van der Waals surface area contributed by atoms with Crippen molar-refractivity contribution in [1.82, 2.24) is 4.98 Å². The number of benzene rings is 2. The van der Waals surface area contributed by atoms with Gasteiger partial charge in [0.25, 0.3) is 5.91 Å². The molecule has 5 heteroatoms. The Morgan fingerprint density at radius 1 is 1.12 bits per heavy atom. The molecule has 0 unspecified atom stereocenters. The van der Waals surface area contributed by atoms with Crippen LogP contribution in [0.1, 0.15) is 21.5 Å². The molecule has 1 heterocycles. The van der Waals surface area contributed by atoms with E-state index in [1.165, 1.54) is 17.8 Å². The van der Waals surface area contributed by atoms with E-state index in [1.54, 1.807) is 30.3 Å². The van der Waals surface area contributed by atoms with Crippen molar-refractivity contribution in [2.75, 3.05) is 5.32 Å². The fourth-order valence-corrected chi connectivity index (χ4v) is 2.37. The SMILES string of the molecule is Cc1cccc(COc2cccc(C(=O)Nc3ncccc3O)c2)c1. The zero-order valence-electron chi connectivity index (χ0n) is 13.8. The number of aromatic nitrogens is 1. The van der Waals surface area contributed by atoms with Gasteiger partial charge in [-0.2, -0.15) is 0 Å². The van der Waals surface area contributed by atoms with Gasteiger partial charge in [0, 0.05) is 11.8 Å². The second-order valence-electron chi connectivity index (χ2n) is 5.63. The first-order chi connectivity index (χ1) is 12.1. The number of carbonyl (C=O) groups excluding carboxylic acids is 1. The molecule has 2 aromatic carbocycles. The normalized spacial score (nSPS) is 10.3. The van der Waals surface area contributed by atoms with Crippen LogP contribution in [-0.2, 0) is 6.61 Å². The summed E-state index contributed by atoms with van der Waals surface area (Å²) in [6.45, 7) is 2.45. The topological polar surface area (TPSA) is 71.5 Å². The first-order valence-electron chi connectivity index (χ1n) is 7.85. The van der Waals surface area contributed by atoms with Crippen LogP contribution in [0.15, 0.2) is 66.9 Å². The molecule has 0 aliphatic carbocycles. The van der Waals surface area contributed by atoms with Crippen molar-refractivity contribution in [3.05, 3.63) is 83.6 Å². The number of hydrogen-bond acceptors (Lipinski definition) is 4. The Hall–Kier alpha value is -3.34. The minimum absolute atomic E-state index is 0.0808. The van der Waals surface area contributed by atoms with Crippen molar-refractivity contribution in [2.45, 2.75) is 13.5 Å². The van der Waals surface area contributed by atoms with Crippen molar-refractivity contribution in [3.63, 3.8) is 0 Å². The van der Waals surface area contributed by atoms with Gasteiger partial charge in [-0.05, 0) is 42.8 Å². The van der Waals surface area contributed by atoms with E-state index in [2.05, 4.69) is 16.4 Å². The van der Waals surface area contributed by atoms with Crippen molar-refractivity contribution >= 4 is 11.7 Å². The highest BCUT2D eigenvalue weighted by Crippen LogP contribution is 2.21. The van der Waals surface area contributed by atoms with Gasteiger partial charge in [0.2, 0.25) is 0 Å². The molecule has 126 valence electrons. The van der Waals surface area contributed by atoms with Gasteiger partial charge in [-0.15, -0.1) is 0 Å². The molecule has 0 saturated heterocycles. The van der Waals surface area contributed by atoms with Gasteiger partial charge in [0.1, 0.15) is 12.4 Å². The largest absolute Gasteiger partial charge is 0.504 e. The highest BCUT2D eigenvalue weighted by atomic mass is 16.5. The molecule has 0 aliphatic heterocycles. The number of amides is 1. The quantitative estimate of drug-likeness (QED) is 0.742. The summed E-state index contributed by atoms with van der Waals surface area (Å²) in [5, 5.41) is 12.3. The van der Waals surface area contributed by atoms with Crippen LogP contribution >= 0.6 is 0 Å². The molecular formula is C20H18N2O3. The van der Waals surface area contributed by atoms with Crippen LogP contribution in [0, 0.1) is 6.92 Å². The lowest BCUT2D eigenvalue weighted by Crippen LogP contribution is -2.13. The molecule has 0 bridgehead atoms. The van der Waals surface area contributed by atoms with E-state index in [0.717, 1.165) is 5.56 Å². The molecule has 0 aliphatic rings. The van der Waals surface area contributed by atoms with E-state index in [1.807, 2.05) is 25.1 Å². The number of rotatable bonds is 5. The smallest absolute Gasteiger partial charge is 0.257 e. The summed E-state index contributed by atoms with van der Waals surface area (Å²) in [4.78, 5) is 16.3. The summed E-state index contributed by atoms with van der Waals surface area (Å²) < 4.78 is 5.77. The Balaban J connectivity index is 1.68. The predicted molar refractivity (Wildman–Crippen MR) is 95.8 cm³/mol. The van der Waals surface area contributed by atoms with E-state index in [4.69, 9.17) is 4.74 Å². The third kappa shape index (κ3) is 4.35. The summed E-state index contributed by atoms with van der Waals surface area (Å²) >= 11 is 0. The molecule has 3 aromatic rings. The number of hydrogen-bond donors (Lipinski definition) is 2. The Labute approximate surface area is 145 Å². The first-order valence-corrected chi connectivity index (χ1v) is 7.85. The molecule has 3 rings (SSSR count). The minimum Gasteiger partial charge on any atom is -0.504 e. The Kier molecular flexibility index (Phi) is 4.95. The second kappa shape index (κ2) is 7.49. The van der Waals surface area contributed by atoms with Crippen LogP contribution in [0.3, 0.4) is 0 Å². The summed E-state index contributed by atoms with van der Waals surface area (Å²) in [5.74, 6) is 0.274. The molecule has 0 saturated carbocycles. The zero-order valence-corrected chi connectivity index (χ0v) is 13.8. The van der Waals surface area contributed by atoms with Gasteiger partial charge >= 0.3 is 0 Å². The van der Waals surface area contributed by atoms with Crippen molar-refractivity contribution in [1.29, 1.82) is 0 Å². The van der Waals surface area contributed by atoms with Crippen LogP contribution < -0.4 is 10.1 Å². The fraction of sp³-hybridized carbons (Fsp3) is 0.100. The maximum absolute atomic E-state index is 12.3. The van der Waals surface area contributed by atoms with Crippen LogP contribution in [0.2, 0.25) is 0 Å². The molecular weight excluding hydrogens is 316 g/mol. The van der Waals surface area contributed by atoms with Gasteiger partial charge < -0.3 is 15.2 Å². The number of anilines is 1.